The molecule has 0 radical (unpaired) electrons. The van der Waals surface area contributed by atoms with Crippen LogP contribution in [0.2, 0.25) is 0 Å². The molecule has 0 bridgehead atoms. The molecular weight excluding hydrogens is 184 g/mol. The highest BCUT2D eigenvalue weighted by Crippen LogP contribution is 2.07. The first-order valence-corrected chi connectivity index (χ1v) is 5.67. The second kappa shape index (κ2) is 9.50. The standard InChI is InChI=1S/C13H24N2/c1-5-6-7-9-12(2)10-8-11-13(3)15-14-4/h5-6,10,14H,7-9,11H2,1-4H3. The highest BCUT2D eigenvalue weighted by atomic mass is 15.3. The Morgan fingerprint density at radius 2 is 1.93 bits per heavy atom. The van der Waals surface area contributed by atoms with E-state index >= 15 is 0 Å². The van der Waals surface area contributed by atoms with Gasteiger partial charge in [0.15, 0.2) is 0 Å². The average molecular weight is 208 g/mol. The maximum atomic E-state index is 4.12. The molecule has 0 fully saturated rings. The normalized spacial score (nSPS) is 13.6. The first kappa shape index (κ1) is 13.9. The van der Waals surface area contributed by atoms with Crippen LogP contribution in [0.15, 0.2) is 28.9 Å². The molecule has 15 heavy (non-hydrogen) atoms. The largest absolute Gasteiger partial charge is 0.313 e. The lowest BCUT2D eigenvalue weighted by Gasteiger charge is -1.99. The Morgan fingerprint density at radius 1 is 1.20 bits per heavy atom. The first-order valence-electron chi connectivity index (χ1n) is 5.67. The highest BCUT2D eigenvalue weighted by Gasteiger charge is 1.91. The third kappa shape index (κ3) is 9.26. The molecule has 2 heteroatoms. The van der Waals surface area contributed by atoms with Gasteiger partial charge in [0, 0.05) is 12.8 Å². The quantitative estimate of drug-likeness (QED) is 0.385. The van der Waals surface area contributed by atoms with Crippen LogP contribution in [0.1, 0.15) is 46.5 Å². The van der Waals surface area contributed by atoms with E-state index in [1.165, 1.54) is 12.0 Å². The van der Waals surface area contributed by atoms with Gasteiger partial charge in [-0.05, 0) is 46.5 Å². The Balaban J connectivity index is 3.71. The fourth-order valence-electron chi connectivity index (χ4n) is 1.35. The lowest BCUT2D eigenvalue weighted by molar-refractivity contribution is 0.880. The minimum atomic E-state index is 1.04. The van der Waals surface area contributed by atoms with Gasteiger partial charge < -0.3 is 5.43 Å². The lowest BCUT2D eigenvalue weighted by Crippen LogP contribution is -2.00. The van der Waals surface area contributed by atoms with Crippen LogP contribution in [-0.4, -0.2) is 12.8 Å². The number of hydrogen-bond donors (Lipinski definition) is 1. The molecule has 0 saturated heterocycles. The summed E-state index contributed by atoms with van der Waals surface area (Å²) >= 11 is 0. The van der Waals surface area contributed by atoms with Crippen molar-refractivity contribution in [1.29, 1.82) is 0 Å². The third-order valence-corrected chi connectivity index (χ3v) is 2.24. The van der Waals surface area contributed by atoms with Crippen molar-refractivity contribution < 1.29 is 0 Å². The summed E-state index contributed by atoms with van der Waals surface area (Å²) in [7, 11) is 1.83. The van der Waals surface area contributed by atoms with Gasteiger partial charge in [-0.1, -0.05) is 23.8 Å². The summed E-state index contributed by atoms with van der Waals surface area (Å²) in [6.45, 7) is 6.32. The molecule has 0 spiro atoms. The molecule has 86 valence electrons. The molecule has 0 heterocycles. The van der Waals surface area contributed by atoms with E-state index in [0.717, 1.165) is 25.0 Å². The van der Waals surface area contributed by atoms with Crippen LogP contribution >= 0.6 is 0 Å². The molecule has 0 atom stereocenters. The molecule has 0 aliphatic carbocycles. The van der Waals surface area contributed by atoms with Crippen molar-refractivity contribution in [3.63, 3.8) is 0 Å². The van der Waals surface area contributed by atoms with Crippen LogP contribution in [0.4, 0.5) is 0 Å². The van der Waals surface area contributed by atoms with Crippen molar-refractivity contribution in [2.45, 2.75) is 46.5 Å². The first-order chi connectivity index (χ1) is 7.20. The molecule has 0 aliphatic heterocycles. The predicted octanol–water partition coefficient (Wildman–Crippen LogP) is 3.66. The number of rotatable bonds is 7. The van der Waals surface area contributed by atoms with E-state index in [1.807, 2.05) is 7.05 Å². The molecule has 0 aliphatic rings. The van der Waals surface area contributed by atoms with Crippen molar-refractivity contribution in [3.05, 3.63) is 23.8 Å². The molecule has 0 amide bonds. The maximum absolute atomic E-state index is 4.12. The van der Waals surface area contributed by atoms with Gasteiger partial charge in [0.2, 0.25) is 0 Å². The van der Waals surface area contributed by atoms with E-state index < -0.39 is 0 Å². The number of allylic oxidation sites excluding steroid dienone is 4. The second-order valence-electron chi connectivity index (χ2n) is 3.77. The van der Waals surface area contributed by atoms with Gasteiger partial charge in [0.1, 0.15) is 0 Å². The van der Waals surface area contributed by atoms with Crippen molar-refractivity contribution in [2.24, 2.45) is 5.10 Å². The van der Waals surface area contributed by atoms with Gasteiger partial charge in [-0.25, -0.2) is 0 Å². The lowest BCUT2D eigenvalue weighted by atomic mass is 10.1. The summed E-state index contributed by atoms with van der Waals surface area (Å²) < 4.78 is 0. The van der Waals surface area contributed by atoms with Gasteiger partial charge in [0.25, 0.3) is 0 Å². The van der Waals surface area contributed by atoms with E-state index in [1.54, 1.807) is 0 Å². The van der Waals surface area contributed by atoms with E-state index in [9.17, 15) is 0 Å². The fourth-order valence-corrected chi connectivity index (χ4v) is 1.35. The second-order valence-corrected chi connectivity index (χ2v) is 3.77. The fraction of sp³-hybridized carbons (Fsp3) is 0.615. The van der Waals surface area contributed by atoms with Crippen LogP contribution in [0.5, 0.6) is 0 Å². The topological polar surface area (TPSA) is 24.4 Å². The monoisotopic (exact) mass is 208 g/mol. The predicted molar refractivity (Wildman–Crippen MR) is 69.2 cm³/mol. The Labute approximate surface area is 94.2 Å². The molecular formula is C13H24N2. The zero-order chi connectivity index (χ0) is 11.5. The third-order valence-electron chi connectivity index (χ3n) is 2.24. The molecule has 0 saturated carbocycles. The molecule has 0 aromatic heterocycles. The summed E-state index contributed by atoms with van der Waals surface area (Å²) in [6.07, 6.45) is 11.1. The molecule has 0 aromatic rings. The van der Waals surface area contributed by atoms with Crippen LogP contribution in [0, 0.1) is 0 Å². The van der Waals surface area contributed by atoms with Gasteiger partial charge in [0.05, 0.1) is 0 Å². The Kier molecular flexibility index (Phi) is 8.84. The van der Waals surface area contributed by atoms with Crippen molar-refractivity contribution in [2.75, 3.05) is 7.05 Å². The van der Waals surface area contributed by atoms with Gasteiger partial charge in [-0.2, -0.15) is 5.10 Å². The van der Waals surface area contributed by atoms with Crippen LogP contribution in [-0.2, 0) is 0 Å². The van der Waals surface area contributed by atoms with Crippen LogP contribution < -0.4 is 5.43 Å². The van der Waals surface area contributed by atoms with Crippen molar-refractivity contribution >= 4 is 5.71 Å². The number of nitrogens with zero attached hydrogens (tertiary/aromatic N) is 1. The Morgan fingerprint density at radius 3 is 2.53 bits per heavy atom. The molecule has 0 aromatic carbocycles. The number of nitrogens with one attached hydrogen (secondary N) is 1. The summed E-state index contributed by atoms with van der Waals surface area (Å²) in [4.78, 5) is 0. The Hall–Kier alpha value is -1.05. The molecule has 0 rings (SSSR count). The molecule has 1 N–H and O–H groups in total. The SMILES string of the molecule is CC=CCCC(C)=CCCC(C)=NNC. The summed E-state index contributed by atoms with van der Waals surface area (Å²) in [5.74, 6) is 0. The van der Waals surface area contributed by atoms with Gasteiger partial charge >= 0.3 is 0 Å². The van der Waals surface area contributed by atoms with Crippen LogP contribution in [0.25, 0.3) is 0 Å². The average Bonchev–Trinajstić information content (AvgIpc) is 2.18. The zero-order valence-electron chi connectivity index (χ0n) is 10.5. The minimum absolute atomic E-state index is 1.04. The summed E-state index contributed by atoms with van der Waals surface area (Å²) in [5.41, 5.74) is 5.44. The van der Waals surface area contributed by atoms with Crippen LogP contribution in [0.3, 0.4) is 0 Å². The minimum Gasteiger partial charge on any atom is -0.313 e. The zero-order valence-corrected chi connectivity index (χ0v) is 10.5. The van der Waals surface area contributed by atoms with E-state index in [4.69, 9.17) is 0 Å². The maximum Gasteiger partial charge on any atom is 0.0350 e. The molecule has 0 unspecified atom stereocenters. The molecule has 2 nitrogen and oxygen atoms in total. The van der Waals surface area contributed by atoms with E-state index in [0.29, 0.717) is 0 Å². The van der Waals surface area contributed by atoms with E-state index in [2.05, 4.69) is 49.5 Å². The van der Waals surface area contributed by atoms with E-state index in [-0.39, 0.29) is 0 Å². The van der Waals surface area contributed by atoms with Crippen molar-refractivity contribution in [1.82, 2.24) is 5.43 Å². The van der Waals surface area contributed by atoms with Gasteiger partial charge in [-0.15, -0.1) is 0 Å². The number of hydrogen-bond acceptors (Lipinski definition) is 2. The summed E-state index contributed by atoms with van der Waals surface area (Å²) in [5, 5.41) is 4.12. The van der Waals surface area contributed by atoms with Crippen molar-refractivity contribution in [3.8, 4) is 0 Å². The summed E-state index contributed by atoms with van der Waals surface area (Å²) in [6, 6.07) is 0. The number of hydrazone groups is 1. The highest BCUT2D eigenvalue weighted by molar-refractivity contribution is 5.81. The van der Waals surface area contributed by atoms with Gasteiger partial charge in [-0.3, -0.25) is 0 Å². The Bertz CT molecular complexity index is 237. The smallest absolute Gasteiger partial charge is 0.0350 e.